The summed E-state index contributed by atoms with van der Waals surface area (Å²) in [6, 6.07) is 15.6. The van der Waals surface area contributed by atoms with E-state index in [1.165, 1.54) is 0 Å². The number of anilines is 1. The maximum absolute atomic E-state index is 14.3. The minimum Gasteiger partial charge on any atom is -0.394 e. The number of benzene rings is 2. The van der Waals surface area contributed by atoms with Crippen LogP contribution in [0.5, 0.6) is 0 Å². The van der Waals surface area contributed by atoms with Gasteiger partial charge in [-0.25, -0.2) is 0 Å². The van der Waals surface area contributed by atoms with Crippen molar-refractivity contribution < 1.29 is 24.5 Å². The third-order valence-corrected chi connectivity index (χ3v) is 9.15. The molecule has 0 saturated carbocycles. The molecule has 2 fully saturated rings. The Morgan fingerprint density at radius 3 is 2.57 bits per heavy atom. The number of ether oxygens (including phenoxy) is 1. The fourth-order valence-corrected chi connectivity index (χ4v) is 7.16. The minimum atomic E-state index is -1.28. The second kappa shape index (κ2) is 9.94. The fourth-order valence-electron chi connectivity index (χ4n) is 6.80. The Hall–Kier alpha value is -2.01. The molecule has 5 rings (SSSR count). The minimum absolute atomic E-state index is 0.0593. The number of hydrogen-bond donors (Lipinski definition) is 2. The molecule has 2 saturated heterocycles. The van der Waals surface area contributed by atoms with Crippen molar-refractivity contribution in [1.29, 1.82) is 0 Å². The van der Waals surface area contributed by atoms with Crippen LogP contribution in [0.2, 0.25) is 0 Å². The Balaban J connectivity index is 1.51. The first-order valence-electron chi connectivity index (χ1n) is 13.0. The number of carbonyl (C=O) groups is 2. The van der Waals surface area contributed by atoms with Gasteiger partial charge in [0.1, 0.15) is 0 Å². The highest BCUT2D eigenvalue weighted by Gasteiger charge is 2.66. The lowest BCUT2D eigenvalue weighted by atomic mass is 9.71. The van der Waals surface area contributed by atoms with Crippen LogP contribution in [0.3, 0.4) is 0 Å². The van der Waals surface area contributed by atoms with E-state index in [-0.39, 0.29) is 36.8 Å². The first-order chi connectivity index (χ1) is 17.6. The number of fused-ring (bicyclic) bond motifs is 2. The Morgan fingerprint density at radius 1 is 1.19 bits per heavy atom. The second-order valence-corrected chi connectivity index (χ2v) is 12.4. The summed E-state index contributed by atoms with van der Waals surface area (Å²) in [5.74, 6) is -1.07. The van der Waals surface area contributed by atoms with Crippen LogP contribution in [-0.2, 0) is 26.5 Å². The van der Waals surface area contributed by atoms with E-state index in [4.69, 9.17) is 4.74 Å². The molecule has 2 aromatic rings. The van der Waals surface area contributed by atoms with Crippen molar-refractivity contribution in [2.45, 2.75) is 69.9 Å². The summed E-state index contributed by atoms with van der Waals surface area (Å²) in [5.41, 5.74) is 0.155. The van der Waals surface area contributed by atoms with E-state index in [9.17, 15) is 19.8 Å². The number of amides is 2. The number of rotatable bonds is 6. The normalized spacial score (nSPS) is 29.4. The molecular weight excluding hydrogens is 583 g/mol. The predicted molar refractivity (Wildman–Crippen MR) is 149 cm³/mol. The fraction of sp³-hybridized carbons (Fsp3) is 0.517. The number of likely N-dealkylation sites (tertiary alicyclic amines) is 1. The van der Waals surface area contributed by atoms with Crippen molar-refractivity contribution in [3.8, 4) is 0 Å². The van der Waals surface area contributed by atoms with Gasteiger partial charge in [0.25, 0.3) is 5.91 Å². The van der Waals surface area contributed by atoms with Crippen molar-refractivity contribution in [3.63, 3.8) is 0 Å². The van der Waals surface area contributed by atoms with Crippen molar-refractivity contribution in [1.82, 2.24) is 4.90 Å². The maximum Gasteiger partial charge on any atom is 0.264 e. The van der Waals surface area contributed by atoms with E-state index in [0.717, 1.165) is 33.2 Å². The molecular formula is C29H35IN2O5. The Morgan fingerprint density at radius 2 is 1.89 bits per heavy atom. The molecule has 0 aromatic heterocycles. The van der Waals surface area contributed by atoms with Crippen LogP contribution in [-0.4, -0.2) is 57.8 Å². The highest BCUT2D eigenvalue weighted by Crippen LogP contribution is 2.58. The number of aliphatic hydroxyl groups excluding tert-OH is 1. The van der Waals surface area contributed by atoms with Crippen molar-refractivity contribution in [2.75, 3.05) is 18.1 Å². The van der Waals surface area contributed by atoms with Gasteiger partial charge < -0.3 is 24.7 Å². The monoisotopic (exact) mass is 618 g/mol. The van der Waals surface area contributed by atoms with E-state index in [1.807, 2.05) is 55.5 Å². The highest BCUT2D eigenvalue weighted by atomic mass is 127. The number of carbonyl (C=O) groups excluding carboxylic acids is 2. The molecule has 7 nitrogen and oxygen atoms in total. The van der Waals surface area contributed by atoms with Gasteiger partial charge in [0.15, 0.2) is 5.60 Å². The van der Waals surface area contributed by atoms with Crippen LogP contribution in [0.15, 0.2) is 48.5 Å². The van der Waals surface area contributed by atoms with E-state index >= 15 is 0 Å². The summed E-state index contributed by atoms with van der Waals surface area (Å²) in [5, 5.41) is 21.0. The summed E-state index contributed by atoms with van der Waals surface area (Å²) >= 11 is 2.26. The van der Waals surface area contributed by atoms with Crippen LogP contribution in [0.4, 0.5) is 5.69 Å². The number of nitrogens with zero attached hydrogens (tertiary/aromatic N) is 2. The molecule has 3 heterocycles. The average molecular weight is 619 g/mol. The van der Waals surface area contributed by atoms with Gasteiger partial charge in [-0.1, -0.05) is 37.3 Å². The molecule has 0 aliphatic carbocycles. The zero-order valence-electron chi connectivity index (χ0n) is 21.6. The molecule has 198 valence electrons. The molecule has 0 bridgehead atoms. The number of aliphatic hydroxyl groups is 2. The topological polar surface area (TPSA) is 90.3 Å². The quantitative estimate of drug-likeness (QED) is 0.481. The third kappa shape index (κ3) is 4.49. The molecule has 37 heavy (non-hydrogen) atoms. The molecule has 1 spiro atoms. The molecule has 8 heteroatoms. The average Bonchev–Trinajstić information content (AvgIpc) is 3.51. The summed E-state index contributed by atoms with van der Waals surface area (Å²) < 4.78 is 7.85. The number of para-hydroxylation sites is 1. The van der Waals surface area contributed by atoms with Crippen molar-refractivity contribution in [3.05, 3.63) is 63.2 Å². The van der Waals surface area contributed by atoms with Gasteiger partial charge in [0.05, 0.1) is 43.0 Å². The summed E-state index contributed by atoms with van der Waals surface area (Å²) in [4.78, 5) is 31.2. The van der Waals surface area contributed by atoms with Gasteiger partial charge in [-0.05, 0) is 73.0 Å². The first-order valence-corrected chi connectivity index (χ1v) is 14.1. The third-order valence-electron chi connectivity index (χ3n) is 8.43. The standard InChI is InChI=1S/C29H35IN2O5/c1-18-26(28(2,3)36)24(15-25(34)31-14-6-7-21(31)17-33)37-29(18)22-8-4-5-9-23(22)32(27(29)35)16-19-10-12-20(30)13-11-19/h4-5,8-13,18,21,24,26,33,36H,6-7,14-17H2,1-3H3/t18-,21+,24+,26-,29+/m1/s1. The number of halogens is 1. The van der Waals surface area contributed by atoms with E-state index in [2.05, 4.69) is 22.6 Å². The first kappa shape index (κ1) is 26.6. The van der Waals surface area contributed by atoms with Gasteiger partial charge >= 0.3 is 0 Å². The number of hydrogen-bond acceptors (Lipinski definition) is 5. The van der Waals surface area contributed by atoms with E-state index < -0.39 is 23.2 Å². The highest BCUT2D eigenvalue weighted by molar-refractivity contribution is 14.1. The van der Waals surface area contributed by atoms with Gasteiger partial charge in [0.2, 0.25) is 5.91 Å². The lowest BCUT2D eigenvalue weighted by Crippen LogP contribution is -2.46. The van der Waals surface area contributed by atoms with Gasteiger partial charge in [0, 0.05) is 27.5 Å². The molecule has 2 aromatic carbocycles. The van der Waals surface area contributed by atoms with Crippen LogP contribution in [0.25, 0.3) is 0 Å². The summed E-state index contributed by atoms with van der Waals surface area (Å²) in [7, 11) is 0. The van der Waals surface area contributed by atoms with Crippen LogP contribution in [0, 0.1) is 15.4 Å². The van der Waals surface area contributed by atoms with Crippen LogP contribution < -0.4 is 4.90 Å². The molecule has 2 amide bonds. The molecule has 0 radical (unpaired) electrons. The van der Waals surface area contributed by atoms with Crippen molar-refractivity contribution >= 4 is 40.1 Å². The lowest BCUT2D eigenvalue weighted by Gasteiger charge is -2.34. The second-order valence-electron chi connectivity index (χ2n) is 11.2. The summed E-state index contributed by atoms with van der Waals surface area (Å²) in [6.07, 6.45) is 1.06. The molecule has 0 unspecified atom stereocenters. The van der Waals surface area contributed by atoms with E-state index in [0.29, 0.717) is 13.1 Å². The van der Waals surface area contributed by atoms with Gasteiger partial charge in [-0.15, -0.1) is 0 Å². The molecule has 5 atom stereocenters. The zero-order valence-corrected chi connectivity index (χ0v) is 23.7. The zero-order chi connectivity index (χ0) is 26.5. The molecule has 2 N–H and O–H groups in total. The summed E-state index contributed by atoms with van der Waals surface area (Å²) in [6.45, 7) is 6.38. The Bertz CT molecular complexity index is 1180. The lowest BCUT2D eigenvalue weighted by molar-refractivity contribution is -0.150. The van der Waals surface area contributed by atoms with E-state index in [1.54, 1.807) is 23.6 Å². The van der Waals surface area contributed by atoms with Gasteiger partial charge in [-0.2, -0.15) is 0 Å². The predicted octanol–water partition coefficient (Wildman–Crippen LogP) is 3.83. The Kier molecular flexibility index (Phi) is 7.15. The van der Waals surface area contributed by atoms with Crippen molar-refractivity contribution in [2.24, 2.45) is 11.8 Å². The maximum atomic E-state index is 14.3. The Labute approximate surface area is 231 Å². The SMILES string of the molecule is C[C@@H]1[C@@H](C(C)(C)O)[C@H](CC(=O)N2CCC[C@H]2CO)O[C@@]12C(=O)N(Cc1ccc(I)cc1)c1ccccc12. The van der Waals surface area contributed by atoms with Crippen LogP contribution >= 0.6 is 22.6 Å². The van der Waals surface area contributed by atoms with Gasteiger partial charge in [-0.3, -0.25) is 9.59 Å². The molecule has 3 aliphatic heterocycles. The van der Waals surface area contributed by atoms with Crippen LogP contribution in [0.1, 0.15) is 51.2 Å². The largest absolute Gasteiger partial charge is 0.394 e. The molecule has 3 aliphatic rings. The smallest absolute Gasteiger partial charge is 0.264 e.